The summed E-state index contributed by atoms with van der Waals surface area (Å²) >= 11 is 0. The molecule has 0 aliphatic carbocycles. The average molecular weight is 622 g/mol. The SMILES string of the molecule is CC(C)CN(C[C@H](O)[C@H](Cc1ccccc1)NC(=O)[C@@H](NC(=O)O)[C@@H](C)OCC(N)=O)S(=O)(=O)c1ccc(C=NO)cc1. The number of aliphatic hydroxyl groups is 1. The second-order valence-corrected chi connectivity index (χ2v) is 12.2. The highest BCUT2D eigenvalue weighted by atomic mass is 32.2. The van der Waals surface area contributed by atoms with E-state index in [2.05, 4.69) is 15.8 Å². The van der Waals surface area contributed by atoms with Gasteiger partial charge in [0, 0.05) is 13.1 Å². The number of hydrogen-bond donors (Lipinski definition) is 6. The molecule has 15 heteroatoms. The first kappa shape index (κ1) is 35.1. The number of nitrogens with one attached hydrogen (secondary N) is 2. The quantitative estimate of drug-likeness (QED) is 0.0832. The number of sulfonamides is 1. The summed E-state index contributed by atoms with van der Waals surface area (Å²) in [6.45, 7) is 4.09. The van der Waals surface area contributed by atoms with Gasteiger partial charge in [0.25, 0.3) is 0 Å². The summed E-state index contributed by atoms with van der Waals surface area (Å²) in [5, 5.41) is 37.1. The number of nitrogens with zero attached hydrogens (tertiary/aromatic N) is 2. The zero-order valence-corrected chi connectivity index (χ0v) is 25.0. The van der Waals surface area contributed by atoms with Crippen LogP contribution in [0.25, 0.3) is 0 Å². The Kier molecular flexibility index (Phi) is 13.5. The third kappa shape index (κ3) is 11.3. The molecule has 0 saturated carbocycles. The molecule has 7 N–H and O–H groups in total. The molecule has 3 amide bonds. The molecule has 2 aromatic rings. The van der Waals surface area contributed by atoms with Crippen LogP contribution in [0.1, 0.15) is 31.9 Å². The van der Waals surface area contributed by atoms with E-state index in [9.17, 15) is 33.0 Å². The van der Waals surface area contributed by atoms with Gasteiger partial charge in [-0.3, -0.25) is 9.59 Å². The van der Waals surface area contributed by atoms with Gasteiger partial charge in [0.15, 0.2) is 0 Å². The Labute approximate surface area is 250 Å². The summed E-state index contributed by atoms with van der Waals surface area (Å²) in [5.74, 6) is -1.81. The van der Waals surface area contributed by atoms with Gasteiger partial charge in [0.05, 0.1) is 29.4 Å². The lowest BCUT2D eigenvalue weighted by Gasteiger charge is -2.32. The molecule has 0 aliphatic rings. The van der Waals surface area contributed by atoms with Gasteiger partial charge < -0.3 is 36.5 Å². The van der Waals surface area contributed by atoms with Gasteiger partial charge in [-0.25, -0.2) is 13.2 Å². The first-order chi connectivity index (χ1) is 20.2. The maximum absolute atomic E-state index is 13.6. The number of carbonyl (C=O) groups excluding carboxylic acids is 2. The number of aliphatic hydroxyl groups excluding tert-OH is 1. The molecule has 0 heterocycles. The number of rotatable bonds is 17. The second-order valence-electron chi connectivity index (χ2n) is 10.3. The van der Waals surface area contributed by atoms with Crippen LogP contribution in [0.4, 0.5) is 4.79 Å². The van der Waals surface area contributed by atoms with Crippen LogP contribution in [-0.4, -0.2) is 96.3 Å². The molecular formula is C28H39N5O9S. The summed E-state index contributed by atoms with van der Waals surface area (Å²) < 4.78 is 33.6. The van der Waals surface area contributed by atoms with Crippen LogP contribution in [0, 0.1) is 5.92 Å². The van der Waals surface area contributed by atoms with Gasteiger partial charge in [-0.15, -0.1) is 0 Å². The Balaban J connectivity index is 2.39. The zero-order valence-electron chi connectivity index (χ0n) is 24.2. The lowest BCUT2D eigenvalue weighted by Crippen LogP contribution is -2.58. The van der Waals surface area contributed by atoms with E-state index in [1.54, 1.807) is 30.3 Å². The van der Waals surface area contributed by atoms with Crippen molar-refractivity contribution in [3.63, 3.8) is 0 Å². The number of primary amides is 1. The number of amides is 3. The molecule has 2 aromatic carbocycles. The molecule has 0 fully saturated rings. The molecule has 0 bridgehead atoms. The Morgan fingerprint density at radius 3 is 2.19 bits per heavy atom. The van der Waals surface area contributed by atoms with E-state index < -0.39 is 65.4 Å². The number of carboxylic acid groups (broad SMARTS) is 1. The van der Waals surface area contributed by atoms with Crippen molar-refractivity contribution >= 4 is 34.1 Å². The van der Waals surface area contributed by atoms with Crippen molar-refractivity contribution in [2.24, 2.45) is 16.8 Å². The van der Waals surface area contributed by atoms with E-state index in [4.69, 9.17) is 15.7 Å². The Morgan fingerprint density at radius 2 is 1.65 bits per heavy atom. The fourth-order valence-corrected chi connectivity index (χ4v) is 5.84. The topological polar surface area (TPSA) is 221 Å². The minimum atomic E-state index is -4.12. The second kappa shape index (κ2) is 16.6. The smallest absolute Gasteiger partial charge is 0.405 e. The Morgan fingerprint density at radius 1 is 1.02 bits per heavy atom. The van der Waals surface area contributed by atoms with E-state index in [0.29, 0.717) is 11.1 Å². The van der Waals surface area contributed by atoms with Crippen molar-refractivity contribution in [1.82, 2.24) is 14.9 Å². The van der Waals surface area contributed by atoms with Crippen LogP contribution in [0.3, 0.4) is 0 Å². The maximum atomic E-state index is 13.6. The molecule has 2 rings (SSSR count). The maximum Gasteiger partial charge on any atom is 0.405 e. The lowest BCUT2D eigenvalue weighted by atomic mass is 10.00. The molecule has 0 unspecified atom stereocenters. The summed E-state index contributed by atoms with van der Waals surface area (Å²) in [6.07, 6.45) is -2.86. The van der Waals surface area contributed by atoms with Crippen molar-refractivity contribution in [3.8, 4) is 0 Å². The average Bonchev–Trinajstić information content (AvgIpc) is 2.94. The summed E-state index contributed by atoms with van der Waals surface area (Å²) in [6, 6.07) is 11.9. The highest BCUT2D eigenvalue weighted by Gasteiger charge is 2.34. The first-order valence-electron chi connectivity index (χ1n) is 13.4. The normalized spacial score (nSPS) is 14.7. The molecule has 4 atom stereocenters. The van der Waals surface area contributed by atoms with Gasteiger partial charge in [-0.1, -0.05) is 61.5 Å². The highest BCUT2D eigenvalue weighted by molar-refractivity contribution is 7.89. The Hall–Kier alpha value is -4.05. The number of carbonyl (C=O) groups is 3. The van der Waals surface area contributed by atoms with E-state index in [1.165, 1.54) is 31.2 Å². The van der Waals surface area contributed by atoms with Crippen molar-refractivity contribution in [2.75, 3.05) is 19.7 Å². The summed E-state index contributed by atoms with van der Waals surface area (Å²) in [5.41, 5.74) is 6.29. The van der Waals surface area contributed by atoms with E-state index in [-0.39, 0.29) is 23.8 Å². The number of nitrogens with two attached hydrogens (primary N) is 1. The van der Waals surface area contributed by atoms with Crippen LogP contribution >= 0.6 is 0 Å². The molecule has 0 aromatic heterocycles. The van der Waals surface area contributed by atoms with Gasteiger partial charge in [0.2, 0.25) is 21.8 Å². The molecule has 43 heavy (non-hydrogen) atoms. The molecule has 0 saturated heterocycles. The molecule has 14 nitrogen and oxygen atoms in total. The van der Waals surface area contributed by atoms with Crippen LogP contribution < -0.4 is 16.4 Å². The molecule has 0 radical (unpaired) electrons. The summed E-state index contributed by atoms with van der Waals surface area (Å²) in [7, 11) is -4.12. The predicted molar refractivity (Wildman–Crippen MR) is 157 cm³/mol. The predicted octanol–water partition coefficient (Wildman–Crippen LogP) is 0.756. The van der Waals surface area contributed by atoms with Gasteiger partial charge in [-0.2, -0.15) is 4.31 Å². The van der Waals surface area contributed by atoms with E-state index in [1.807, 2.05) is 13.8 Å². The van der Waals surface area contributed by atoms with Gasteiger partial charge in [0.1, 0.15) is 12.6 Å². The molecule has 0 aliphatic heterocycles. The van der Waals surface area contributed by atoms with Crippen LogP contribution in [-0.2, 0) is 30.8 Å². The third-order valence-corrected chi connectivity index (χ3v) is 8.14. The fraction of sp³-hybridized carbons (Fsp3) is 0.429. The van der Waals surface area contributed by atoms with Crippen molar-refractivity contribution in [2.45, 2.75) is 56.4 Å². The number of ether oxygens (including phenoxy) is 1. The van der Waals surface area contributed by atoms with Crippen LogP contribution in [0.15, 0.2) is 64.6 Å². The van der Waals surface area contributed by atoms with Crippen molar-refractivity contribution in [3.05, 3.63) is 65.7 Å². The van der Waals surface area contributed by atoms with E-state index in [0.717, 1.165) is 10.5 Å². The number of oxime groups is 1. The minimum Gasteiger partial charge on any atom is -0.465 e. The minimum absolute atomic E-state index is 0.0480. The highest BCUT2D eigenvalue weighted by Crippen LogP contribution is 2.20. The molecule has 236 valence electrons. The first-order valence-corrected chi connectivity index (χ1v) is 14.9. The fourth-order valence-electron chi connectivity index (χ4n) is 4.22. The van der Waals surface area contributed by atoms with Crippen molar-refractivity contribution in [1.29, 1.82) is 0 Å². The van der Waals surface area contributed by atoms with Crippen LogP contribution in [0.5, 0.6) is 0 Å². The summed E-state index contributed by atoms with van der Waals surface area (Å²) in [4.78, 5) is 35.9. The van der Waals surface area contributed by atoms with Gasteiger partial charge in [-0.05, 0) is 42.5 Å². The van der Waals surface area contributed by atoms with Gasteiger partial charge >= 0.3 is 6.09 Å². The van der Waals surface area contributed by atoms with Crippen LogP contribution in [0.2, 0.25) is 0 Å². The zero-order chi connectivity index (χ0) is 32.2. The van der Waals surface area contributed by atoms with E-state index >= 15 is 0 Å². The monoisotopic (exact) mass is 621 g/mol. The standard InChI is InChI=1S/C28H39N5O9S/c1-18(2)15-33(43(40,41)22-11-9-21(10-12-22)14-30-39)16-24(34)23(13-20-7-5-4-6-8-20)31-27(36)26(32-28(37)38)19(3)42-17-25(29)35/h4-12,14,18-19,23-24,26,32,34,39H,13,15-17H2,1-3H3,(H2,29,35)(H,31,36)(H,37,38)/t19-,23+,24+,26+/m1/s1. The molecule has 0 spiro atoms. The lowest BCUT2D eigenvalue weighted by molar-refractivity contribution is -0.132. The number of benzene rings is 2. The van der Waals surface area contributed by atoms with Crippen molar-refractivity contribution < 1.29 is 43.0 Å². The third-order valence-electron chi connectivity index (χ3n) is 6.29. The number of hydrogen-bond acceptors (Lipinski definition) is 9. The Bertz CT molecular complexity index is 1340. The largest absolute Gasteiger partial charge is 0.465 e. The molecular weight excluding hydrogens is 582 g/mol.